The Kier molecular flexibility index (Phi) is 5.55. The molecule has 0 spiro atoms. The Bertz CT molecular complexity index is 346. The van der Waals surface area contributed by atoms with Crippen LogP contribution in [0, 0.1) is 0 Å². The van der Waals surface area contributed by atoms with E-state index in [0.29, 0.717) is 28.1 Å². The quantitative estimate of drug-likeness (QED) is 0.822. The Balaban J connectivity index is 2.89. The van der Waals surface area contributed by atoms with E-state index in [2.05, 4.69) is 15.9 Å². The molecule has 0 heterocycles. The second-order valence-electron chi connectivity index (χ2n) is 3.41. The van der Waals surface area contributed by atoms with Crippen LogP contribution in [0.4, 0.5) is 0 Å². The van der Waals surface area contributed by atoms with Gasteiger partial charge in [0.2, 0.25) is 0 Å². The standard InChI is InChI=1S/C11H14BrClO3/c1-16-9-5-7(4-8(13)6-9)11(15)10(14)2-3-12/h4-6,10-11,14-15H,2-3H2,1H3. The van der Waals surface area contributed by atoms with Gasteiger partial charge in [-0.3, -0.25) is 0 Å². The number of ether oxygens (including phenoxy) is 1. The maximum Gasteiger partial charge on any atom is 0.120 e. The maximum atomic E-state index is 9.88. The Morgan fingerprint density at radius 2 is 2.06 bits per heavy atom. The Morgan fingerprint density at radius 3 is 2.62 bits per heavy atom. The fourth-order valence-corrected chi connectivity index (χ4v) is 2.07. The number of benzene rings is 1. The van der Waals surface area contributed by atoms with Crippen molar-refractivity contribution >= 4 is 27.5 Å². The van der Waals surface area contributed by atoms with Crippen LogP contribution >= 0.6 is 27.5 Å². The largest absolute Gasteiger partial charge is 0.497 e. The molecule has 5 heteroatoms. The molecule has 0 aliphatic rings. The number of halogens is 2. The number of rotatable bonds is 5. The van der Waals surface area contributed by atoms with Gasteiger partial charge < -0.3 is 14.9 Å². The molecule has 0 aliphatic heterocycles. The Labute approximate surface area is 108 Å². The Morgan fingerprint density at radius 1 is 1.38 bits per heavy atom. The summed E-state index contributed by atoms with van der Waals surface area (Å²) in [5.74, 6) is 0.563. The average molecular weight is 310 g/mol. The van der Waals surface area contributed by atoms with E-state index in [1.165, 1.54) is 7.11 Å². The molecule has 90 valence electrons. The predicted molar refractivity (Wildman–Crippen MR) is 67.4 cm³/mol. The summed E-state index contributed by atoms with van der Waals surface area (Å²) in [6.07, 6.45) is -1.30. The molecular formula is C11H14BrClO3. The monoisotopic (exact) mass is 308 g/mol. The Hall–Kier alpha value is -0.290. The second-order valence-corrected chi connectivity index (χ2v) is 4.64. The van der Waals surface area contributed by atoms with Crippen molar-refractivity contribution in [3.63, 3.8) is 0 Å². The number of hydrogen-bond acceptors (Lipinski definition) is 3. The molecule has 0 saturated heterocycles. The second kappa shape index (κ2) is 6.45. The molecule has 0 amide bonds. The molecule has 3 nitrogen and oxygen atoms in total. The van der Waals surface area contributed by atoms with Crippen LogP contribution in [-0.4, -0.2) is 28.8 Å². The highest BCUT2D eigenvalue weighted by molar-refractivity contribution is 9.09. The molecule has 1 rings (SSSR count). The molecule has 0 aromatic heterocycles. The first kappa shape index (κ1) is 13.8. The van der Waals surface area contributed by atoms with E-state index in [4.69, 9.17) is 16.3 Å². The zero-order valence-corrected chi connectivity index (χ0v) is 11.2. The van der Waals surface area contributed by atoms with Crippen LogP contribution in [0.3, 0.4) is 0 Å². The van der Waals surface area contributed by atoms with E-state index < -0.39 is 12.2 Å². The van der Waals surface area contributed by atoms with Crippen LogP contribution in [0.1, 0.15) is 18.1 Å². The molecule has 0 bridgehead atoms. The summed E-state index contributed by atoms with van der Waals surface area (Å²) < 4.78 is 5.04. The van der Waals surface area contributed by atoms with E-state index in [9.17, 15) is 10.2 Å². The minimum atomic E-state index is -0.954. The van der Waals surface area contributed by atoms with Crippen LogP contribution in [0.5, 0.6) is 5.75 Å². The lowest BCUT2D eigenvalue weighted by Gasteiger charge is -2.18. The van der Waals surface area contributed by atoms with Crippen molar-refractivity contribution in [2.75, 3.05) is 12.4 Å². The van der Waals surface area contributed by atoms with Crippen LogP contribution < -0.4 is 4.74 Å². The number of aliphatic hydroxyl groups is 2. The maximum absolute atomic E-state index is 9.88. The van der Waals surface area contributed by atoms with Crippen LogP contribution in [-0.2, 0) is 0 Å². The molecule has 0 radical (unpaired) electrons. The normalized spacial score (nSPS) is 14.6. The molecule has 1 aromatic rings. The zero-order chi connectivity index (χ0) is 12.1. The van der Waals surface area contributed by atoms with Crippen molar-refractivity contribution in [2.45, 2.75) is 18.6 Å². The third kappa shape index (κ3) is 3.63. The molecule has 16 heavy (non-hydrogen) atoms. The first-order valence-electron chi connectivity index (χ1n) is 4.85. The highest BCUT2D eigenvalue weighted by Gasteiger charge is 2.18. The van der Waals surface area contributed by atoms with Gasteiger partial charge in [0.05, 0.1) is 13.2 Å². The van der Waals surface area contributed by atoms with E-state index in [1.54, 1.807) is 18.2 Å². The summed E-state index contributed by atoms with van der Waals surface area (Å²) in [5.41, 5.74) is 0.554. The summed E-state index contributed by atoms with van der Waals surface area (Å²) >= 11 is 9.08. The summed E-state index contributed by atoms with van der Waals surface area (Å²) in [6, 6.07) is 4.93. The molecule has 2 unspecified atom stereocenters. The van der Waals surface area contributed by atoms with Crippen molar-refractivity contribution in [3.8, 4) is 5.75 Å². The highest BCUT2D eigenvalue weighted by Crippen LogP contribution is 2.27. The highest BCUT2D eigenvalue weighted by atomic mass is 79.9. The van der Waals surface area contributed by atoms with E-state index in [-0.39, 0.29) is 0 Å². The first-order valence-corrected chi connectivity index (χ1v) is 6.35. The lowest BCUT2D eigenvalue weighted by atomic mass is 10.0. The lowest BCUT2D eigenvalue weighted by Crippen LogP contribution is -2.18. The SMILES string of the molecule is COc1cc(Cl)cc(C(O)C(O)CCBr)c1. The minimum absolute atomic E-state index is 0.468. The predicted octanol–water partition coefficient (Wildman–Crippen LogP) is 2.53. The van der Waals surface area contributed by atoms with Gasteiger partial charge in [0.25, 0.3) is 0 Å². The van der Waals surface area contributed by atoms with Crippen molar-refractivity contribution in [2.24, 2.45) is 0 Å². The summed E-state index contributed by atoms with van der Waals surface area (Å²) in [7, 11) is 1.52. The molecule has 2 N–H and O–H groups in total. The molecule has 2 atom stereocenters. The number of aliphatic hydroxyl groups excluding tert-OH is 2. The van der Waals surface area contributed by atoms with Crippen LogP contribution in [0.25, 0.3) is 0 Å². The van der Waals surface area contributed by atoms with Gasteiger partial charge in [0, 0.05) is 10.4 Å². The van der Waals surface area contributed by atoms with Gasteiger partial charge in [-0.2, -0.15) is 0 Å². The molecular weight excluding hydrogens is 295 g/mol. The first-order chi connectivity index (χ1) is 7.58. The molecule has 0 saturated carbocycles. The number of methoxy groups -OCH3 is 1. The number of alkyl halides is 1. The van der Waals surface area contributed by atoms with Gasteiger partial charge in [-0.15, -0.1) is 0 Å². The third-order valence-corrected chi connectivity index (χ3v) is 2.92. The summed E-state index contributed by atoms with van der Waals surface area (Å²) in [4.78, 5) is 0. The number of hydrogen-bond donors (Lipinski definition) is 2. The summed E-state index contributed by atoms with van der Waals surface area (Å²) in [6.45, 7) is 0. The molecule has 1 aromatic carbocycles. The van der Waals surface area contributed by atoms with Crippen molar-refractivity contribution in [1.29, 1.82) is 0 Å². The smallest absolute Gasteiger partial charge is 0.120 e. The van der Waals surface area contributed by atoms with Gasteiger partial charge in [-0.1, -0.05) is 27.5 Å². The fourth-order valence-electron chi connectivity index (χ4n) is 1.36. The molecule has 0 aliphatic carbocycles. The average Bonchev–Trinajstić information content (AvgIpc) is 2.27. The van der Waals surface area contributed by atoms with Gasteiger partial charge in [-0.05, 0) is 30.2 Å². The van der Waals surface area contributed by atoms with E-state index >= 15 is 0 Å². The molecule has 0 fully saturated rings. The minimum Gasteiger partial charge on any atom is -0.497 e. The lowest BCUT2D eigenvalue weighted by molar-refractivity contribution is 0.0172. The van der Waals surface area contributed by atoms with Gasteiger partial charge >= 0.3 is 0 Å². The van der Waals surface area contributed by atoms with Gasteiger partial charge in [0.15, 0.2) is 0 Å². The topological polar surface area (TPSA) is 49.7 Å². The van der Waals surface area contributed by atoms with E-state index in [0.717, 1.165) is 0 Å². The van der Waals surface area contributed by atoms with Crippen molar-refractivity contribution < 1.29 is 14.9 Å². The van der Waals surface area contributed by atoms with Gasteiger partial charge in [-0.25, -0.2) is 0 Å². The van der Waals surface area contributed by atoms with E-state index in [1.807, 2.05) is 0 Å². The van der Waals surface area contributed by atoms with Crippen LogP contribution in [0.2, 0.25) is 5.02 Å². The van der Waals surface area contributed by atoms with Crippen molar-refractivity contribution in [3.05, 3.63) is 28.8 Å². The van der Waals surface area contributed by atoms with Gasteiger partial charge in [0.1, 0.15) is 11.9 Å². The third-order valence-electron chi connectivity index (χ3n) is 2.24. The van der Waals surface area contributed by atoms with Crippen molar-refractivity contribution in [1.82, 2.24) is 0 Å². The summed E-state index contributed by atoms with van der Waals surface area (Å²) in [5, 5.41) is 20.6. The zero-order valence-electron chi connectivity index (χ0n) is 8.86. The fraction of sp³-hybridized carbons (Fsp3) is 0.455. The van der Waals surface area contributed by atoms with Crippen LogP contribution in [0.15, 0.2) is 18.2 Å².